The van der Waals surface area contributed by atoms with E-state index in [0.717, 1.165) is 0 Å². The number of hydrogen-bond donors (Lipinski definition) is 2. The van der Waals surface area contributed by atoms with E-state index in [1.165, 1.54) is 0 Å². The maximum atomic E-state index is 9.42. The predicted octanol–water partition coefficient (Wildman–Crippen LogP) is -6.82. The summed E-state index contributed by atoms with van der Waals surface area (Å²) in [6.07, 6.45) is 0. The summed E-state index contributed by atoms with van der Waals surface area (Å²) in [5, 5.41) is 0. The molecule has 0 aliphatic carbocycles. The summed E-state index contributed by atoms with van der Waals surface area (Å²) < 4.78 is 46.4. The van der Waals surface area contributed by atoms with E-state index in [1.54, 1.807) is 0 Å². The van der Waals surface area contributed by atoms with Gasteiger partial charge in [-0.3, -0.25) is 9.11 Å². The average molecular weight is 242 g/mol. The summed E-state index contributed by atoms with van der Waals surface area (Å²) >= 11 is -2.97. The monoisotopic (exact) mass is 242 g/mol. The molecule has 1 atom stereocenters. The molecule has 0 fully saturated rings. The molecule has 2 N–H and O–H groups in total. The van der Waals surface area contributed by atoms with E-state index in [9.17, 15) is 12.6 Å². The van der Waals surface area contributed by atoms with Crippen molar-refractivity contribution < 1.29 is 131 Å². The van der Waals surface area contributed by atoms with Gasteiger partial charge in [-0.15, -0.1) is 3.63 Å². The fourth-order valence-corrected chi connectivity index (χ4v) is 0.662. The van der Waals surface area contributed by atoms with Crippen LogP contribution in [0.15, 0.2) is 0 Å². The van der Waals surface area contributed by atoms with Crippen LogP contribution in [0.2, 0.25) is 0 Å². The van der Waals surface area contributed by atoms with Crippen molar-refractivity contribution in [1.82, 2.24) is 0 Å². The first-order valence-corrected chi connectivity index (χ1v) is 3.60. The average Bonchev–Trinajstić information content (AvgIpc) is 1.21. The SMILES string of the molecule is O=S(O)OS(=O)(=O)O.[H-].[H-].[K+].[K+]. The van der Waals surface area contributed by atoms with Gasteiger partial charge < -0.3 is 2.85 Å². The van der Waals surface area contributed by atoms with Crippen LogP contribution in [0.25, 0.3) is 0 Å². The molecule has 10 heavy (non-hydrogen) atoms. The molecule has 1 unspecified atom stereocenters. The van der Waals surface area contributed by atoms with Crippen molar-refractivity contribution in [1.29, 1.82) is 0 Å². The molecule has 0 rings (SSSR count). The van der Waals surface area contributed by atoms with E-state index < -0.39 is 21.8 Å². The molecule has 54 valence electrons. The van der Waals surface area contributed by atoms with Crippen LogP contribution in [-0.4, -0.2) is 21.7 Å². The molecule has 0 aromatic heterocycles. The molecule has 0 aliphatic rings. The van der Waals surface area contributed by atoms with Crippen molar-refractivity contribution in [2.45, 2.75) is 0 Å². The second-order valence-corrected chi connectivity index (χ2v) is 2.55. The van der Waals surface area contributed by atoms with Gasteiger partial charge in [-0.2, -0.15) is 12.6 Å². The van der Waals surface area contributed by atoms with Crippen LogP contribution in [0.3, 0.4) is 0 Å². The Bertz CT molecular complexity index is 188. The minimum absolute atomic E-state index is 0. The Balaban J connectivity index is -0.0000000408. The van der Waals surface area contributed by atoms with Crippen molar-refractivity contribution >= 4 is 21.8 Å². The van der Waals surface area contributed by atoms with Crippen LogP contribution in [0.5, 0.6) is 0 Å². The third kappa shape index (κ3) is 17.4. The number of hydrogen-bond acceptors (Lipinski definition) is 4. The quantitative estimate of drug-likeness (QED) is 0.283. The van der Waals surface area contributed by atoms with Gasteiger partial charge in [0.25, 0.3) is 0 Å². The standard InChI is InChI=1S/2K.H2O6S2.2H/c;;1-7(2)6-8(3,4)5;;/h;;(H,1,2)(H,3,4,5);;/q2*+1;;2*-1. The Morgan fingerprint density at radius 2 is 1.70 bits per heavy atom. The Morgan fingerprint density at radius 1 is 1.40 bits per heavy atom. The molecule has 0 amide bonds. The largest absolute Gasteiger partial charge is 1.00 e. The molecule has 0 bridgehead atoms. The second kappa shape index (κ2) is 8.83. The van der Waals surface area contributed by atoms with Crippen LogP contribution < -0.4 is 103 Å². The van der Waals surface area contributed by atoms with Gasteiger partial charge in [0.05, 0.1) is 0 Å². The van der Waals surface area contributed by atoms with Gasteiger partial charge in [-0.25, -0.2) is 0 Å². The molecule has 0 spiro atoms. The van der Waals surface area contributed by atoms with Gasteiger partial charge in [-0.1, -0.05) is 0 Å². The normalized spacial score (nSPS) is 12.6. The summed E-state index contributed by atoms with van der Waals surface area (Å²) in [6.45, 7) is 0. The first-order valence-electron chi connectivity index (χ1n) is 1.20. The fourth-order valence-electron chi connectivity index (χ4n) is 0.0736. The van der Waals surface area contributed by atoms with Gasteiger partial charge >= 0.3 is 125 Å². The van der Waals surface area contributed by atoms with E-state index in [4.69, 9.17) is 9.11 Å². The summed E-state index contributed by atoms with van der Waals surface area (Å²) in [6, 6.07) is 0. The molecular formula is H4K2O6S2. The van der Waals surface area contributed by atoms with E-state index >= 15 is 0 Å². The van der Waals surface area contributed by atoms with Crippen molar-refractivity contribution in [2.75, 3.05) is 0 Å². The molecule has 0 saturated heterocycles. The summed E-state index contributed by atoms with van der Waals surface area (Å²) in [5.74, 6) is 0. The molecule has 10 heteroatoms. The van der Waals surface area contributed by atoms with Crippen molar-refractivity contribution in [2.24, 2.45) is 0 Å². The first kappa shape index (κ1) is 18.9. The zero-order valence-corrected chi connectivity index (χ0v) is 13.2. The van der Waals surface area contributed by atoms with Gasteiger partial charge in [0.1, 0.15) is 0 Å². The third-order valence-electron chi connectivity index (χ3n) is 0.144. The second-order valence-electron chi connectivity index (χ2n) is 0.713. The Hall–Kier alpha value is 3.25. The van der Waals surface area contributed by atoms with E-state index in [0.29, 0.717) is 0 Å². The molecule has 0 heterocycles. The topological polar surface area (TPSA) is 101 Å². The maximum absolute atomic E-state index is 9.42. The Labute approximate surface area is 149 Å². The van der Waals surface area contributed by atoms with E-state index in [1.807, 2.05) is 0 Å². The summed E-state index contributed by atoms with van der Waals surface area (Å²) in [5.41, 5.74) is 0. The Kier molecular flexibility index (Phi) is 16.7. The van der Waals surface area contributed by atoms with Crippen LogP contribution >= 0.6 is 0 Å². The molecule has 0 aromatic carbocycles. The van der Waals surface area contributed by atoms with Crippen LogP contribution in [0.1, 0.15) is 2.85 Å². The zero-order chi connectivity index (χ0) is 6.78. The Morgan fingerprint density at radius 3 is 1.70 bits per heavy atom. The van der Waals surface area contributed by atoms with Gasteiger partial charge in [0, 0.05) is 0 Å². The van der Waals surface area contributed by atoms with Crippen LogP contribution in [-0.2, 0) is 25.4 Å². The molecule has 0 saturated carbocycles. The van der Waals surface area contributed by atoms with Crippen molar-refractivity contribution in [3.8, 4) is 0 Å². The summed E-state index contributed by atoms with van der Waals surface area (Å²) in [7, 11) is -4.77. The molecule has 0 aromatic rings. The molecular weight excluding hydrogens is 238 g/mol. The van der Waals surface area contributed by atoms with E-state index in [2.05, 4.69) is 3.63 Å². The first-order chi connectivity index (χ1) is 3.42. The van der Waals surface area contributed by atoms with Crippen molar-refractivity contribution in [3.05, 3.63) is 0 Å². The molecule has 0 radical (unpaired) electrons. The predicted molar refractivity (Wildman–Crippen MR) is 25.6 cm³/mol. The summed E-state index contributed by atoms with van der Waals surface area (Å²) in [4.78, 5) is 0. The van der Waals surface area contributed by atoms with Gasteiger partial charge in [0.2, 0.25) is 0 Å². The minimum atomic E-state index is -4.77. The number of rotatable bonds is 2. The smallest absolute Gasteiger partial charge is 1.00 e. The maximum Gasteiger partial charge on any atom is 1.00 e. The van der Waals surface area contributed by atoms with Crippen LogP contribution in [0, 0.1) is 0 Å². The van der Waals surface area contributed by atoms with Crippen molar-refractivity contribution in [3.63, 3.8) is 0 Å². The molecule has 0 aliphatic heterocycles. The van der Waals surface area contributed by atoms with E-state index in [-0.39, 0.29) is 106 Å². The van der Waals surface area contributed by atoms with Crippen LogP contribution in [0.4, 0.5) is 0 Å². The third-order valence-corrected chi connectivity index (χ3v) is 1.30. The van der Waals surface area contributed by atoms with Gasteiger partial charge in [0.15, 0.2) is 0 Å². The zero-order valence-electron chi connectivity index (χ0n) is 7.34. The minimum Gasteiger partial charge on any atom is -1.00 e. The van der Waals surface area contributed by atoms with Gasteiger partial charge in [-0.05, 0) is 0 Å². The molecule has 6 nitrogen and oxygen atoms in total. The fraction of sp³-hybridized carbons (Fsp3) is 0.